The highest BCUT2D eigenvalue weighted by molar-refractivity contribution is 5.97. The summed E-state index contributed by atoms with van der Waals surface area (Å²) in [6.45, 7) is 4.24. The van der Waals surface area contributed by atoms with Crippen LogP contribution < -0.4 is 26.2 Å². The van der Waals surface area contributed by atoms with Gasteiger partial charge in [0.05, 0.1) is 24.0 Å². The molecule has 0 radical (unpaired) electrons. The fraction of sp³-hybridized carbons (Fsp3) is 0.538. The van der Waals surface area contributed by atoms with Gasteiger partial charge >= 0.3 is 6.03 Å². The number of anilines is 1. The Labute approximate surface area is 389 Å². The third-order valence-electron chi connectivity index (χ3n) is 14.1. The van der Waals surface area contributed by atoms with Crippen LogP contribution in [-0.4, -0.2) is 108 Å². The van der Waals surface area contributed by atoms with Crippen molar-refractivity contribution in [2.75, 3.05) is 44.7 Å². The minimum absolute atomic E-state index is 0.00802. The Kier molecular flexibility index (Phi) is 16.0. The number of rotatable bonds is 23. The normalized spacial score (nSPS) is 24.2. The molecule has 0 bridgehead atoms. The maximum atomic E-state index is 14.1. The van der Waals surface area contributed by atoms with E-state index in [-0.39, 0.29) is 72.9 Å². The van der Waals surface area contributed by atoms with Crippen LogP contribution in [0.2, 0.25) is 0 Å². The lowest BCUT2D eigenvalue weighted by atomic mass is 9.94. The molecule has 4 fully saturated rings. The van der Waals surface area contributed by atoms with Gasteiger partial charge in [-0.25, -0.2) is 4.79 Å². The third kappa shape index (κ3) is 12.2. The van der Waals surface area contributed by atoms with E-state index in [1.165, 1.54) is 68.9 Å². The standard InChI is InChI=1S/C52H69N9O5/c1-3-4-5-6-7-8-9-10-11-12-19-28-53-52(65)56-45-33-61(34-46(45)66-2)51-57-47(58-59-51)37-24-26-38(27-25-37)50(64)60-31-41(48(62)54-43-29-39(43)35-20-15-13-16-21-35)42(32-60)49(63)55-44-30-40(44)36-22-17-14-18-23-36/h13-18,20-27,39-46H,3-12,19,28-34H2,1-2H3,(H,54,62)(H,55,63)(H2,53,56,65)(H,57,58,59)/t39-,40-,41-,42-,43+,44+,45+,46+/m1/s1. The summed E-state index contributed by atoms with van der Waals surface area (Å²) in [7, 11) is 1.65. The Morgan fingerprint density at radius 3 is 1.73 bits per heavy atom. The number of urea groups is 1. The van der Waals surface area contributed by atoms with Gasteiger partial charge in [0.25, 0.3) is 5.91 Å². The van der Waals surface area contributed by atoms with Crippen molar-refractivity contribution in [3.63, 3.8) is 0 Å². The number of benzene rings is 3. The number of aromatic nitrogens is 3. The van der Waals surface area contributed by atoms with E-state index in [1.54, 1.807) is 24.1 Å². The number of aromatic amines is 1. The molecule has 8 atom stereocenters. The number of amides is 5. The molecule has 2 saturated heterocycles. The van der Waals surface area contributed by atoms with Crippen molar-refractivity contribution in [3.8, 4) is 11.4 Å². The predicted octanol–water partition coefficient (Wildman–Crippen LogP) is 7.32. The number of hydrogen-bond donors (Lipinski definition) is 5. The van der Waals surface area contributed by atoms with Gasteiger partial charge in [-0.2, -0.15) is 0 Å². The monoisotopic (exact) mass is 900 g/mol. The van der Waals surface area contributed by atoms with Crippen LogP contribution in [0.15, 0.2) is 84.9 Å². The van der Waals surface area contributed by atoms with Crippen LogP contribution in [0, 0.1) is 11.8 Å². The fourth-order valence-corrected chi connectivity index (χ4v) is 9.94. The Hall–Kier alpha value is -5.76. The molecular formula is C52H69N9O5. The number of hydrogen-bond acceptors (Lipinski definition) is 8. The molecule has 3 heterocycles. The highest BCUT2D eigenvalue weighted by atomic mass is 16.5. The van der Waals surface area contributed by atoms with Gasteiger partial charge in [-0.3, -0.25) is 14.4 Å². The van der Waals surface area contributed by atoms with Crippen molar-refractivity contribution in [3.05, 3.63) is 102 Å². The maximum Gasteiger partial charge on any atom is 0.315 e. The lowest BCUT2D eigenvalue weighted by molar-refractivity contribution is -0.133. The predicted molar refractivity (Wildman–Crippen MR) is 256 cm³/mol. The molecule has 2 saturated carbocycles. The van der Waals surface area contributed by atoms with Gasteiger partial charge in [-0.05, 0) is 42.5 Å². The van der Waals surface area contributed by atoms with E-state index in [4.69, 9.17) is 4.74 Å². The topological polar surface area (TPSA) is 174 Å². The van der Waals surface area contributed by atoms with E-state index in [2.05, 4.69) is 67.6 Å². The molecule has 5 N–H and O–H groups in total. The van der Waals surface area contributed by atoms with Crippen molar-refractivity contribution in [2.24, 2.45) is 11.8 Å². The van der Waals surface area contributed by atoms with Crippen molar-refractivity contribution >= 4 is 29.7 Å². The number of carbonyl (C=O) groups is 4. The van der Waals surface area contributed by atoms with Gasteiger partial charge in [0.15, 0.2) is 5.82 Å². The molecule has 8 rings (SSSR count). The summed E-state index contributed by atoms with van der Waals surface area (Å²) in [5.74, 6) is -0.348. The van der Waals surface area contributed by atoms with E-state index in [1.807, 2.05) is 53.4 Å². The number of H-pyrrole nitrogens is 1. The first kappa shape index (κ1) is 46.8. The largest absolute Gasteiger partial charge is 0.377 e. The summed E-state index contributed by atoms with van der Waals surface area (Å²) in [5.41, 5.74) is 3.58. The zero-order valence-electron chi connectivity index (χ0n) is 38.8. The molecule has 2 aliphatic heterocycles. The lowest BCUT2D eigenvalue weighted by Gasteiger charge is -2.18. The maximum absolute atomic E-state index is 14.1. The number of nitrogens with one attached hydrogen (secondary N) is 5. The number of likely N-dealkylation sites (tertiary alicyclic amines) is 1. The molecule has 3 aromatic carbocycles. The Morgan fingerprint density at radius 1 is 0.636 bits per heavy atom. The van der Waals surface area contributed by atoms with Crippen LogP contribution >= 0.6 is 0 Å². The highest BCUT2D eigenvalue weighted by Crippen LogP contribution is 2.43. The van der Waals surface area contributed by atoms with E-state index < -0.39 is 11.8 Å². The Bertz CT molecular complexity index is 2130. The molecule has 14 nitrogen and oxygen atoms in total. The fourth-order valence-electron chi connectivity index (χ4n) is 9.94. The molecular weight excluding hydrogens is 831 g/mol. The summed E-state index contributed by atoms with van der Waals surface area (Å²) in [5, 5.41) is 21.4. The number of methoxy groups -OCH3 is 1. The zero-order valence-corrected chi connectivity index (χ0v) is 38.8. The molecule has 1 aromatic heterocycles. The van der Waals surface area contributed by atoms with E-state index in [0.717, 1.165) is 31.2 Å². The summed E-state index contributed by atoms with van der Waals surface area (Å²) in [4.78, 5) is 61.7. The van der Waals surface area contributed by atoms with Gasteiger partial charge in [0.1, 0.15) is 0 Å². The Balaban J connectivity index is 0.817. The number of unbranched alkanes of at least 4 members (excludes halogenated alkanes) is 10. The average molecular weight is 900 g/mol. The van der Waals surface area contributed by atoms with Crippen LogP contribution in [0.4, 0.5) is 10.7 Å². The molecule has 0 spiro atoms. The van der Waals surface area contributed by atoms with Gasteiger partial charge in [0.2, 0.25) is 17.8 Å². The van der Waals surface area contributed by atoms with Crippen molar-refractivity contribution < 1.29 is 23.9 Å². The first-order valence-corrected chi connectivity index (χ1v) is 24.6. The molecule has 0 unspecified atom stereocenters. The second-order valence-electron chi connectivity index (χ2n) is 19.0. The lowest BCUT2D eigenvalue weighted by Crippen LogP contribution is -2.48. The van der Waals surface area contributed by atoms with Crippen LogP contribution in [0.1, 0.15) is 124 Å². The quantitative estimate of drug-likeness (QED) is 0.0482. The van der Waals surface area contributed by atoms with Crippen LogP contribution in [0.25, 0.3) is 11.4 Å². The second-order valence-corrected chi connectivity index (χ2v) is 19.0. The summed E-state index contributed by atoms with van der Waals surface area (Å²) in [6, 6.07) is 27.0. The molecule has 4 aliphatic rings. The SMILES string of the molecule is CCCCCCCCCCCCCNC(=O)N[C@H]1CN(c2nnc(-c3ccc(C(=O)N4C[C@@H](C(=O)N[C@H]5C[C@@H]5c5ccccc5)[C@H](C(=O)N[C@H]5C[C@@H]5c5ccccc5)C4)cc3)[nH]2)C[C@@H]1OC. The van der Waals surface area contributed by atoms with Crippen molar-refractivity contribution in [1.82, 2.24) is 41.3 Å². The van der Waals surface area contributed by atoms with Gasteiger partial charge < -0.3 is 40.8 Å². The summed E-state index contributed by atoms with van der Waals surface area (Å²) < 4.78 is 5.76. The number of carbonyl (C=O) groups excluding carboxylic acids is 4. The van der Waals surface area contributed by atoms with Crippen molar-refractivity contribution in [2.45, 2.75) is 126 Å². The molecule has 4 aromatic rings. The molecule has 5 amide bonds. The highest BCUT2D eigenvalue weighted by Gasteiger charge is 2.49. The van der Waals surface area contributed by atoms with E-state index in [0.29, 0.717) is 37.0 Å². The van der Waals surface area contributed by atoms with Gasteiger partial charge in [-0.1, -0.05) is 144 Å². The summed E-state index contributed by atoms with van der Waals surface area (Å²) >= 11 is 0. The zero-order chi connectivity index (χ0) is 45.8. The molecule has 352 valence electrons. The molecule has 14 heteroatoms. The van der Waals surface area contributed by atoms with Crippen molar-refractivity contribution in [1.29, 1.82) is 0 Å². The second kappa shape index (κ2) is 22.6. The van der Waals surface area contributed by atoms with Gasteiger partial charge in [-0.15, -0.1) is 10.2 Å². The van der Waals surface area contributed by atoms with E-state index >= 15 is 0 Å². The minimum Gasteiger partial charge on any atom is -0.377 e. The smallest absolute Gasteiger partial charge is 0.315 e. The minimum atomic E-state index is -0.668. The average Bonchev–Trinajstić information content (AvgIpc) is 4.07. The first-order valence-electron chi connectivity index (χ1n) is 24.6. The van der Waals surface area contributed by atoms with Crippen LogP contribution in [-0.2, 0) is 14.3 Å². The first-order chi connectivity index (χ1) is 32.3. The summed E-state index contributed by atoms with van der Waals surface area (Å²) in [6.07, 6.45) is 15.4. The van der Waals surface area contributed by atoms with Crippen LogP contribution in [0.3, 0.4) is 0 Å². The van der Waals surface area contributed by atoms with E-state index in [9.17, 15) is 19.2 Å². The Morgan fingerprint density at radius 2 is 1.18 bits per heavy atom. The van der Waals surface area contributed by atoms with Gasteiger partial charge in [0, 0.05) is 74.9 Å². The third-order valence-corrected chi connectivity index (χ3v) is 14.1. The van der Waals surface area contributed by atoms with Crippen LogP contribution in [0.5, 0.6) is 0 Å². The molecule has 2 aliphatic carbocycles. The number of ether oxygens (including phenoxy) is 1. The number of nitrogens with zero attached hydrogens (tertiary/aromatic N) is 4. The molecule has 66 heavy (non-hydrogen) atoms.